The molecule has 0 aliphatic carbocycles. The first-order chi connectivity index (χ1) is 9.51. The Labute approximate surface area is 127 Å². The third-order valence-electron chi connectivity index (χ3n) is 2.63. The van der Waals surface area contributed by atoms with Gasteiger partial charge in [-0.2, -0.15) is 4.98 Å². The predicted molar refractivity (Wildman–Crippen MR) is 81.9 cm³/mol. The first-order valence-electron chi connectivity index (χ1n) is 5.81. The SMILES string of the molecule is Cn1[nH]c(=O)c(=O)nc1SC(CN)c1cccc(Br)c1. The number of rotatable bonds is 4. The van der Waals surface area contributed by atoms with E-state index in [1.54, 1.807) is 7.05 Å². The molecule has 0 aliphatic heterocycles. The molecule has 6 nitrogen and oxygen atoms in total. The highest BCUT2D eigenvalue weighted by molar-refractivity contribution is 9.10. The van der Waals surface area contributed by atoms with Gasteiger partial charge in [-0.05, 0) is 17.7 Å². The van der Waals surface area contributed by atoms with E-state index in [9.17, 15) is 9.59 Å². The van der Waals surface area contributed by atoms with E-state index in [4.69, 9.17) is 5.73 Å². The highest BCUT2D eigenvalue weighted by atomic mass is 79.9. The number of aromatic nitrogens is 3. The summed E-state index contributed by atoms with van der Waals surface area (Å²) >= 11 is 4.75. The number of hydrogen-bond donors (Lipinski definition) is 2. The second-order valence-corrected chi connectivity index (χ2v) is 6.18. The van der Waals surface area contributed by atoms with Crippen LogP contribution in [0.5, 0.6) is 0 Å². The number of nitrogens with two attached hydrogens (primary N) is 1. The van der Waals surface area contributed by atoms with Gasteiger partial charge >= 0.3 is 11.1 Å². The first kappa shape index (κ1) is 15.0. The normalized spacial score (nSPS) is 12.3. The third kappa shape index (κ3) is 3.38. The average molecular weight is 357 g/mol. The molecule has 0 radical (unpaired) electrons. The van der Waals surface area contributed by atoms with Crippen LogP contribution in [0.25, 0.3) is 0 Å². The first-order valence-corrected chi connectivity index (χ1v) is 7.48. The average Bonchev–Trinajstić information content (AvgIpc) is 2.41. The van der Waals surface area contributed by atoms with E-state index in [-0.39, 0.29) is 5.25 Å². The second-order valence-electron chi connectivity index (χ2n) is 4.10. The predicted octanol–water partition coefficient (Wildman–Crippen LogP) is 1.02. The summed E-state index contributed by atoms with van der Waals surface area (Å²) in [6.07, 6.45) is 0. The Hall–Kier alpha value is -1.38. The summed E-state index contributed by atoms with van der Waals surface area (Å²) in [5, 5.41) is 2.78. The van der Waals surface area contributed by atoms with Gasteiger partial charge in [0.1, 0.15) is 0 Å². The zero-order valence-electron chi connectivity index (χ0n) is 10.7. The van der Waals surface area contributed by atoms with E-state index in [0.29, 0.717) is 11.7 Å². The van der Waals surface area contributed by atoms with Crippen molar-refractivity contribution >= 4 is 27.7 Å². The van der Waals surface area contributed by atoms with E-state index in [1.807, 2.05) is 24.3 Å². The second kappa shape index (κ2) is 6.38. The topological polar surface area (TPSA) is 93.8 Å². The standard InChI is InChI=1S/C12H13BrN4O2S/c1-17-12(15-10(18)11(19)16-17)20-9(6-14)7-3-2-4-8(13)5-7/h2-5,9H,6,14H2,1H3,(H,16,19). The maximum atomic E-state index is 11.3. The molecule has 2 rings (SSSR count). The molecular weight excluding hydrogens is 344 g/mol. The van der Waals surface area contributed by atoms with Crippen LogP contribution in [-0.2, 0) is 7.05 Å². The molecule has 0 saturated heterocycles. The molecule has 0 saturated carbocycles. The van der Waals surface area contributed by atoms with Gasteiger partial charge in [0.2, 0.25) is 0 Å². The van der Waals surface area contributed by atoms with Gasteiger partial charge in [0.15, 0.2) is 5.16 Å². The van der Waals surface area contributed by atoms with E-state index in [1.165, 1.54) is 16.4 Å². The molecular formula is C12H13BrN4O2S. The Morgan fingerprint density at radius 1 is 1.50 bits per heavy atom. The fourth-order valence-electron chi connectivity index (χ4n) is 1.65. The van der Waals surface area contributed by atoms with Gasteiger partial charge in [-0.1, -0.05) is 39.8 Å². The number of H-pyrrole nitrogens is 1. The summed E-state index contributed by atoms with van der Waals surface area (Å²) in [6.45, 7) is 0.385. The summed E-state index contributed by atoms with van der Waals surface area (Å²) in [4.78, 5) is 26.3. The van der Waals surface area contributed by atoms with Crippen molar-refractivity contribution in [2.45, 2.75) is 10.4 Å². The van der Waals surface area contributed by atoms with Crippen LogP contribution >= 0.6 is 27.7 Å². The van der Waals surface area contributed by atoms with E-state index in [2.05, 4.69) is 26.0 Å². The third-order valence-corrected chi connectivity index (χ3v) is 4.45. The number of nitrogens with zero attached hydrogens (tertiary/aromatic N) is 2. The minimum atomic E-state index is -0.796. The lowest BCUT2D eigenvalue weighted by atomic mass is 10.1. The summed E-state index contributed by atoms with van der Waals surface area (Å²) in [7, 11) is 1.63. The molecule has 0 spiro atoms. The van der Waals surface area contributed by atoms with Crippen molar-refractivity contribution in [2.24, 2.45) is 12.8 Å². The molecule has 20 heavy (non-hydrogen) atoms. The molecule has 2 aromatic rings. The van der Waals surface area contributed by atoms with Crippen molar-refractivity contribution in [2.75, 3.05) is 6.54 Å². The molecule has 1 aromatic carbocycles. The van der Waals surface area contributed by atoms with Crippen molar-refractivity contribution in [3.63, 3.8) is 0 Å². The Bertz CT molecular complexity index is 728. The Morgan fingerprint density at radius 3 is 2.90 bits per heavy atom. The maximum Gasteiger partial charge on any atom is 0.339 e. The van der Waals surface area contributed by atoms with Crippen LogP contribution in [-0.4, -0.2) is 21.3 Å². The lowest BCUT2D eigenvalue weighted by Crippen LogP contribution is -2.34. The van der Waals surface area contributed by atoms with Crippen LogP contribution in [0.1, 0.15) is 10.8 Å². The van der Waals surface area contributed by atoms with Gasteiger partial charge in [-0.25, -0.2) is 0 Å². The Balaban J connectivity index is 2.34. The molecule has 1 unspecified atom stereocenters. The summed E-state index contributed by atoms with van der Waals surface area (Å²) in [6, 6.07) is 7.77. The van der Waals surface area contributed by atoms with Gasteiger partial charge in [0, 0.05) is 23.3 Å². The van der Waals surface area contributed by atoms with E-state index >= 15 is 0 Å². The summed E-state index contributed by atoms with van der Waals surface area (Å²) in [5.41, 5.74) is 5.29. The molecule has 1 atom stereocenters. The van der Waals surface area contributed by atoms with Crippen molar-refractivity contribution in [3.05, 3.63) is 55.0 Å². The molecule has 0 bridgehead atoms. The van der Waals surface area contributed by atoms with Crippen LogP contribution in [0.4, 0.5) is 0 Å². The zero-order valence-corrected chi connectivity index (χ0v) is 13.1. The Morgan fingerprint density at radius 2 is 2.25 bits per heavy atom. The highest BCUT2D eigenvalue weighted by Gasteiger charge is 2.15. The lowest BCUT2D eigenvalue weighted by molar-refractivity contribution is 0.595. The fourth-order valence-corrected chi connectivity index (χ4v) is 3.04. The van der Waals surface area contributed by atoms with Crippen LogP contribution in [0.2, 0.25) is 0 Å². The van der Waals surface area contributed by atoms with Crippen LogP contribution < -0.4 is 16.9 Å². The molecule has 0 fully saturated rings. The fraction of sp³-hybridized carbons (Fsp3) is 0.250. The monoisotopic (exact) mass is 356 g/mol. The summed E-state index contributed by atoms with van der Waals surface area (Å²) < 4.78 is 2.38. The molecule has 1 aromatic heterocycles. The number of benzene rings is 1. The zero-order chi connectivity index (χ0) is 14.7. The minimum Gasteiger partial charge on any atom is -0.329 e. The molecule has 106 valence electrons. The van der Waals surface area contributed by atoms with Crippen LogP contribution in [0.3, 0.4) is 0 Å². The maximum absolute atomic E-state index is 11.3. The molecule has 0 amide bonds. The quantitative estimate of drug-likeness (QED) is 0.630. The van der Waals surface area contributed by atoms with Gasteiger partial charge in [0.05, 0.1) is 0 Å². The number of aryl methyl sites for hydroxylation is 1. The number of thioether (sulfide) groups is 1. The molecule has 3 N–H and O–H groups in total. The number of aromatic amines is 1. The number of halogens is 1. The van der Waals surface area contributed by atoms with Crippen LogP contribution in [0.15, 0.2) is 43.5 Å². The van der Waals surface area contributed by atoms with Crippen molar-refractivity contribution in [1.29, 1.82) is 0 Å². The minimum absolute atomic E-state index is 0.0588. The number of nitrogens with one attached hydrogen (secondary N) is 1. The Kier molecular flexibility index (Phi) is 4.79. The molecule has 0 aliphatic rings. The van der Waals surface area contributed by atoms with Crippen molar-refractivity contribution in [3.8, 4) is 0 Å². The van der Waals surface area contributed by atoms with Crippen molar-refractivity contribution < 1.29 is 0 Å². The summed E-state index contributed by atoms with van der Waals surface area (Å²) in [5.74, 6) is 0. The van der Waals surface area contributed by atoms with Gasteiger partial charge in [0.25, 0.3) is 0 Å². The van der Waals surface area contributed by atoms with Crippen molar-refractivity contribution in [1.82, 2.24) is 14.8 Å². The van der Waals surface area contributed by atoms with Gasteiger partial charge < -0.3 is 5.73 Å². The van der Waals surface area contributed by atoms with Crippen LogP contribution in [0, 0.1) is 0 Å². The highest BCUT2D eigenvalue weighted by Crippen LogP contribution is 2.33. The largest absolute Gasteiger partial charge is 0.339 e. The van der Waals surface area contributed by atoms with Gasteiger partial charge in [-0.3, -0.25) is 19.4 Å². The van der Waals surface area contributed by atoms with Gasteiger partial charge in [-0.15, -0.1) is 0 Å². The smallest absolute Gasteiger partial charge is 0.329 e. The van der Waals surface area contributed by atoms with E-state index < -0.39 is 11.1 Å². The molecule has 8 heteroatoms. The lowest BCUT2D eigenvalue weighted by Gasteiger charge is -2.15. The molecule has 1 heterocycles. The van der Waals surface area contributed by atoms with E-state index in [0.717, 1.165) is 10.0 Å². The number of hydrogen-bond acceptors (Lipinski definition) is 5.